The van der Waals surface area contributed by atoms with E-state index >= 15 is 0 Å². The van der Waals surface area contributed by atoms with Crippen LogP contribution in [0.3, 0.4) is 0 Å². The van der Waals surface area contributed by atoms with Crippen molar-refractivity contribution in [3.05, 3.63) is 58.8 Å². The number of nitrogens with zero attached hydrogens (tertiary/aromatic N) is 2. The molecular formula is C12H10BrN3. The van der Waals surface area contributed by atoms with E-state index in [4.69, 9.17) is 0 Å². The average molecular weight is 276 g/mol. The van der Waals surface area contributed by atoms with E-state index in [9.17, 15) is 0 Å². The van der Waals surface area contributed by atoms with Gasteiger partial charge in [0.1, 0.15) is 0 Å². The van der Waals surface area contributed by atoms with Crippen LogP contribution in [0.5, 0.6) is 0 Å². The van der Waals surface area contributed by atoms with E-state index in [2.05, 4.69) is 31.4 Å². The Hall–Kier alpha value is -1.68. The number of aromatic nitrogens is 1. The number of hydrazone groups is 1. The van der Waals surface area contributed by atoms with Crippen LogP contribution >= 0.6 is 15.9 Å². The van der Waals surface area contributed by atoms with Crippen molar-refractivity contribution in [3.8, 4) is 0 Å². The van der Waals surface area contributed by atoms with Crippen LogP contribution in [0.4, 0.5) is 5.69 Å². The van der Waals surface area contributed by atoms with Gasteiger partial charge in [-0.3, -0.25) is 10.4 Å². The number of anilines is 1. The van der Waals surface area contributed by atoms with Crippen LogP contribution in [-0.4, -0.2) is 11.2 Å². The molecule has 0 saturated carbocycles. The van der Waals surface area contributed by atoms with E-state index in [0.29, 0.717) is 0 Å². The first kappa shape index (κ1) is 10.8. The third kappa shape index (κ3) is 2.90. The van der Waals surface area contributed by atoms with Gasteiger partial charge in [0.2, 0.25) is 0 Å². The number of para-hydroxylation sites is 1. The molecule has 0 unspecified atom stereocenters. The summed E-state index contributed by atoms with van der Waals surface area (Å²) in [6.07, 6.45) is 5.22. The van der Waals surface area contributed by atoms with E-state index in [1.54, 1.807) is 18.6 Å². The summed E-state index contributed by atoms with van der Waals surface area (Å²) in [6.45, 7) is 0. The Bertz CT molecular complexity index is 483. The molecule has 16 heavy (non-hydrogen) atoms. The van der Waals surface area contributed by atoms with Gasteiger partial charge < -0.3 is 0 Å². The molecule has 1 N–H and O–H groups in total. The molecule has 80 valence electrons. The molecule has 0 aliphatic carbocycles. The van der Waals surface area contributed by atoms with Crippen LogP contribution in [-0.2, 0) is 0 Å². The highest BCUT2D eigenvalue weighted by molar-refractivity contribution is 9.10. The van der Waals surface area contributed by atoms with E-state index in [1.807, 2.05) is 36.4 Å². The lowest BCUT2D eigenvalue weighted by Gasteiger charge is -1.99. The summed E-state index contributed by atoms with van der Waals surface area (Å²) in [5.74, 6) is 0. The predicted octanol–water partition coefficient (Wildman–Crippen LogP) is 3.29. The molecule has 0 spiro atoms. The molecule has 1 heterocycles. The van der Waals surface area contributed by atoms with E-state index < -0.39 is 0 Å². The number of hydrogen-bond acceptors (Lipinski definition) is 3. The van der Waals surface area contributed by atoms with Gasteiger partial charge in [0.05, 0.1) is 11.9 Å². The normalized spacial score (nSPS) is 10.6. The molecular weight excluding hydrogens is 266 g/mol. The highest BCUT2D eigenvalue weighted by Crippen LogP contribution is 2.12. The molecule has 2 rings (SSSR count). The van der Waals surface area contributed by atoms with Gasteiger partial charge in [0.25, 0.3) is 0 Å². The smallest absolute Gasteiger partial charge is 0.0561 e. The van der Waals surface area contributed by atoms with Gasteiger partial charge in [-0.25, -0.2) is 0 Å². The average Bonchev–Trinajstić information content (AvgIpc) is 2.33. The fraction of sp³-hybridized carbons (Fsp3) is 0. The minimum atomic E-state index is 0.925. The first-order valence-electron chi connectivity index (χ1n) is 4.80. The molecule has 0 fully saturated rings. The summed E-state index contributed by atoms with van der Waals surface area (Å²) in [7, 11) is 0. The topological polar surface area (TPSA) is 37.3 Å². The van der Waals surface area contributed by atoms with Crippen molar-refractivity contribution in [1.29, 1.82) is 0 Å². The van der Waals surface area contributed by atoms with Crippen LogP contribution in [0.25, 0.3) is 0 Å². The molecule has 4 heteroatoms. The van der Waals surface area contributed by atoms with E-state index in [0.717, 1.165) is 15.7 Å². The molecule has 0 amide bonds. The second-order valence-electron chi connectivity index (χ2n) is 3.13. The van der Waals surface area contributed by atoms with Gasteiger partial charge in [-0.15, -0.1) is 0 Å². The summed E-state index contributed by atoms with van der Waals surface area (Å²) in [6, 6.07) is 11.7. The predicted molar refractivity (Wildman–Crippen MR) is 69.6 cm³/mol. The largest absolute Gasteiger partial charge is 0.279 e. The molecule has 0 atom stereocenters. The fourth-order valence-electron chi connectivity index (χ4n) is 1.18. The maximum Gasteiger partial charge on any atom is 0.0561 e. The van der Waals surface area contributed by atoms with Crippen molar-refractivity contribution in [1.82, 2.24) is 4.98 Å². The van der Waals surface area contributed by atoms with Gasteiger partial charge in [-0.2, -0.15) is 5.10 Å². The summed E-state index contributed by atoms with van der Waals surface area (Å²) in [5.41, 5.74) is 4.90. The standard InChI is InChI=1S/C12H10BrN3/c13-12-9-14-7-6-10(12)8-15-16-11-4-2-1-3-5-11/h1-9,16H. The lowest BCUT2D eigenvalue weighted by Crippen LogP contribution is -1.91. The summed E-state index contributed by atoms with van der Waals surface area (Å²) >= 11 is 3.40. The Morgan fingerprint density at radius 2 is 2.00 bits per heavy atom. The number of pyridine rings is 1. The van der Waals surface area contributed by atoms with Crippen molar-refractivity contribution in [2.75, 3.05) is 5.43 Å². The number of rotatable bonds is 3. The van der Waals surface area contributed by atoms with Gasteiger partial charge >= 0.3 is 0 Å². The lowest BCUT2D eigenvalue weighted by molar-refractivity contribution is 1.29. The van der Waals surface area contributed by atoms with Crippen molar-refractivity contribution < 1.29 is 0 Å². The number of hydrogen-bond donors (Lipinski definition) is 1. The monoisotopic (exact) mass is 275 g/mol. The maximum atomic E-state index is 4.14. The molecule has 1 aromatic heterocycles. The molecule has 0 saturated heterocycles. The first-order chi connectivity index (χ1) is 7.86. The van der Waals surface area contributed by atoms with Crippen LogP contribution in [0.1, 0.15) is 5.56 Å². The fourth-order valence-corrected chi connectivity index (χ4v) is 1.53. The van der Waals surface area contributed by atoms with Gasteiger partial charge in [-0.1, -0.05) is 18.2 Å². The first-order valence-corrected chi connectivity index (χ1v) is 5.59. The van der Waals surface area contributed by atoms with E-state index in [1.165, 1.54) is 0 Å². The van der Waals surface area contributed by atoms with Crippen LogP contribution in [0, 0.1) is 0 Å². The molecule has 0 bridgehead atoms. The zero-order chi connectivity index (χ0) is 11.2. The van der Waals surface area contributed by atoms with Crippen LogP contribution < -0.4 is 5.43 Å². The summed E-state index contributed by atoms with van der Waals surface area (Å²) < 4.78 is 0.925. The van der Waals surface area contributed by atoms with E-state index in [-0.39, 0.29) is 0 Å². The Morgan fingerprint density at radius 3 is 2.75 bits per heavy atom. The molecule has 2 aromatic rings. The Balaban J connectivity index is 2.03. The molecule has 0 aliphatic heterocycles. The lowest BCUT2D eigenvalue weighted by atomic mass is 10.3. The van der Waals surface area contributed by atoms with Crippen LogP contribution in [0.2, 0.25) is 0 Å². The maximum absolute atomic E-state index is 4.14. The number of halogens is 1. The minimum Gasteiger partial charge on any atom is -0.279 e. The van der Waals surface area contributed by atoms with Crippen molar-refractivity contribution in [2.24, 2.45) is 5.10 Å². The Labute approximate surface area is 102 Å². The van der Waals surface area contributed by atoms with Crippen LogP contribution in [0.15, 0.2) is 58.4 Å². The molecule has 3 nitrogen and oxygen atoms in total. The second kappa shape index (κ2) is 5.42. The minimum absolute atomic E-state index is 0.925. The third-order valence-electron chi connectivity index (χ3n) is 1.97. The number of benzene rings is 1. The highest BCUT2D eigenvalue weighted by Gasteiger charge is 1.93. The quantitative estimate of drug-likeness (QED) is 0.690. The van der Waals surface area contributed by atoms with Crippen molar-refractivity contribution in [3.63, 3.8) is 0 Å². The SMILES string of the molecule is Brc1cnccc1C=NNc1ccccc1. The molecule has 0 radical (unpaired) electrons. The highest BCUT2D eigenvalue weighted by atomic mass is 79.9. The molecule has 1 aromatic carbocycles. The Morgan fingerprint density at radius 1 is 1.19 bits per heavy atom. The van der Waals surface area contributed by atoms with Gasteiger partial charge in [-0.05, 0) is 34.1 Å². The zero-order valence-electron chi connectivity index (χ0n) is 8.47. The summed E-state index contributed by atoms with van der Waals surface area (Å²) in [5, 5.41) is 4.14. The van der Waals surface area contributed by atoms with Crippen molar-refractivity contribution >= 4 is 27.8 Å². The Kier molecular flexibility index (Phi) is 3.66. The third-order valence-corrected chi connectivity index (χ3v) is 2.64. The van der Waals surface area contributed by atoms with Gasteiger partial charge in [0.15, 0.2) is 0 Å². The van der Waals surface area contributed by atoms with Crippen molar-refractivity contribution in [2.45, 2.75) is 0 Å². The zero-order valence-corrected chi connectivity index (χ0v) is 10.1. The second-order valence-corrected chi connectivity index (χ2v) is 3.99. The molecule has 0 aliphatic rings. The summed E-state index contributed by atoms with van der Waals surface area (Å²) in [4.78, 5) is 3.98. The number of nitrogens with one attached hydrogen (secondary N) is 1. The van der Waals surface area contributed by atoms with Gasteiger partial charge in [0, 0.05) is 22.4 Å².